The van der Waals surface area contributed by atoms with Crippen LogP contribution >= 0.6 is 0 Å². The van der Waals surface area contributed by atoms with Gasteiger partial charge in [-0.25, -0.2) is 0 Å². The lowest BCUT2D eigenvalue weighted by molar-refractivity contribution is -0.385. The molecule has 38 heavy (non-hydrogen) atoms. The Morgan fingerprint density at radius 1 is 1.03 bits per heavy atom. The average Bonchev–Trinajstić information content (AvgIpc) is 2.92. The molecule has 1 N–H and O–H groups in total. The number of nitrogens with zero attached hydrogens (tertiary/aromatic N) is 4. The summed E-state index contributed by atoms with van der Waals surface area (Å²) in [6.45, 7) is 12.9. The van der Waals surface area contributed by atoms with Crippen molar-refractivity contribution in [3.63, 3.8) is 0 Å². The first kappa shape index (κ1) is 27.7. The third-order valence-electron chi connectivity index (χ3n) is 7.71. The van der Waals surface area contributed by atoms with Crippen molar-refractivity contribution >= 4 is 23.0 Å². The molecule has 0 spiro atoms. The number of carbonyl (C=O) groups is 1. The van der Waals surface area contributed by atoms with E-state index < -0.39 is 4.92 Å². The van der Waals surface area contributed by atoms with Crippen molar-refractivity contribution in [2.45, 2.75) is 51.5 Å². The molecule has 2 aromatic carbocycles. The molecule has 2 saturated heterocycles. The summed E-state index contributed by atoms with van der Waals surface area (Å²) in [5.41, 5.74) is 3.54. The maximum absolute atomic E-state index is 12.9. The zero-order chi connectivity index (χ0) is 27.3. The number of hydrogen-bond donors (Lipinski definition) is 1. The van der Waals surface area contributed by atoms with Crippen molar-refractivity contribution in [2.75, 3.05) is 63.1 Å². The first-order chi connectivity index (χ1) is 18.1. The molecule has 2 heterocycles. The number of piperazine rings is 1. The minimum Gasteiger partial charge on any atom is -0.490 e. The van der Waals surface area contributed by atoms with Crippen molar-refractivity contribution in [3.05, 3.63) is 58.1 Å². The van der Waals surface area contributed by atoms with Crippen LogP contribution in [0, 0.1) is 10.1 Å². The highest BCUT2D eigenvalue weighted by Gasteiger charge is 2.25. The molecule has 0 aliphatic carbocycles. The number of nitrogens with one attached hydrogen (secondary N) is 1. The lowest BCUT2D eigenvalue weighted by atomic mass is 9.87. The molecule has 0 aromatic heterocycles. The van der Waals surface area contributed by atoms with E-state index in [0.29, 0.717) is 6.42 Å². The average molecular weight is 524 g/mol. The van der Waals surface area contributed by atoms with E-state index in [0.717, 1.165) is 64.3 Å². The summed E-state index contributed by atoms with van der Waals surface area (Å²) in [5, 5.41) is 14.5. The maximum Gasteiger partial charge on any atom is 0.311 e. The van der Waals surface area contributed by atoms with Crippen LogP contribution in [0.15, 0.2) is 42.5 Å². The number of benzene rings is 2. The van der Waals surface area contributed by atoms with Crippen LogP contribution in [0.25, 0.3) is 0 Å². The Balaban J connectivity index is 1.17. The summed E-state index contributed by atoms with van der Waals surface area (Å²) < 4.78 is 5.16. The number of nitro groups is 1. The molecule has 206 valence electrons. The highest BCUT2D eigenvalue weighted by molar-refractivity contribution is 5.76. The van der Waals surface area contributed by atoms with Gasteiger partial charge in [0.1, 0.15) is 0 Å². The Morgan fingerprint density at radius 2 is 1.68 bits per heavy atom. The number of methoxy groups -OCH3 is 1. The molecule has 9 heteroatoms. The molecule has 0 saturated carbocycles. The Bertz CT molecular complexity index is 1100. The summed E-state index contributed by atoms with van der Waals surface area (Å²) in [5.74, 6) is 0.465. The molecule has 0 radical (unpaired) electrons. The second-order valence-electron chi connectivity index (χ2n) is 11.3. The van der Waals surface area contributed by atoms with Crippen molar-refractivity contribution in [1.29, 1.82) is 0 Å². The maximum atomic E-state index is 12.9. The topological polar surface area (TPSA) is 91.2 Å². The third kappa shape index (κ3) is 6.95. The molecule has 9 nitrogen and oxygen atoms in total. The zero-order valence-electron chi connectivity index (χ0n) is 23.1. The summed E-state index contributed by atoms with van der Waals surface area (Å²) in [6, 6.07) is 14.0. The molecule has 2 aliphatic heterocycles. The first-order valence-electron chi connectivity index (χ1n) is 13.6. The van der Waals surface area contributed by atoms with Gasteiger partial charge in [0.2, 0.25) is 5.91 Å². The first-order valence-corrected chi connectivity index (χ1v) is 13.6. The smallest absolute Gasteiger partial charge is 0.311 e. The number of rotatable bonds is 8. The Morgan fingerprint density at radius 3 is 2.26 bits per heavy atom. The monoisotopic (exact) mass is 523 g/mol. The van der Waals surface area contributed by atoms with E-state index in [9.17, 15) is 14.9 Å². The van der Waals surface area contributed by atoms with E-state index in [1.807, 2.05) is 4.90 Å². The molecule has 4 rings (SSSR count). The fourth-order valence-electron chi connectivity index (χ4n) is 5.24. The number of likely N-dealkylation sites (tertiary alicyclic amines) is 1. The minimum absolute atomic E-state index is 0.0466. The van der Waals surface area contributed by atoms with E-state index in [2.05, 4.69) is 60.2 Å². The van der Waals surface area contributed by atoms with Crippen LogP contribution in [-0.2, 0) is 10.2 Å². The van der Waals surface area contributed by atoms with Gasteiger partial charge in [0, 0.05) is 81.8 Å². The highest BCUT2D eigenvalue weighted by atomic mass is 16.6. The zero-order valence-corrected chi connectivity index (χ0v) is 23.1. The minimum atomic E-state index is -0.446. The predicted molar refractivity (Wildman–Crippen MR) is 151 cm³/mol. The molecule has 0 atom stereocenters. The van der Waals surface area contributed by atoms with Gasteiger partial charge in [-0.1, -0.05) is 32.9 Å². The van der Waals surface area contributed by atoms with Crippen LogP contribution in [-0.4, -0.2) is 79.6 Å². The number of hydrogen-bond acceptors (Lipinski definition) is 7. The van der Waals surface area contributed by atoms with Crippen molar-refractivity contribution in [1.82, 2.24) is 9.80 Å². The predicted octanol–water partition coefficient (Wildman–Crippen LogP) is 4.52. The third-order valence-corrected chi connectivity index (χ3v) is 7.71. The van der Waals surface area contributed by atoms with Crippen LogP contribution in [0.3, 0.4) is 0 Å². The van der Waals surface area contributed by atoms with Gasteiger partial charge in [0.15, 0.2) is 5.75 Å². The van der Waals surface area contributed by atoms with Crippen molar-refractivity contribution < 1.29 is 14.5 Å². The van der Waals surface area contributed by atoms with Gasteiger partial charge in [-0.2, -0.15) is 0 Å². The van der Waals surface area contributed by atoms with E-state index in [1.165, 1.54) is 24.4 Å². The molecule has 1 amide bonds. The molecule has 0 bridgehead atoms. The molecule has 2 fully saturated rings. The largest absolute Gasteiger partial charge is 0.490 e. The fraction of sp³-hybridized carbons (Fsp3) is 0.552. The Hall–Kier alpha value is -3.33. The summed E-state index contributed by atoms with van der Waals surface area (Å²) in [7, 11) is 1.43. The van der Waals surface area contributed by atoms with Crippen LogP contribution in [0.2, 0.25) is 0 Å². The molecular formula is C29H41N5O4. The summed E-state index contributed by atoms with van der Waals surface area (Å²) in [6.07, 6.45) is 2.24. The number of carbonyl (C=O) groups excluding carboxylic acids is 1. The van der Waals surface area contributed by atoms with Gasteiger partial charge in [-0.05, 0) is 42.0 Å². The molecule has 2 aromatic rings. The van der Waals surface area contributed by atoms with Crippen LogP contribution in [0.1, 0.15) is 45.6 Å². The fourth-order valence-corrected chi connectivity index (χ4v) is 5.24. The highest BCUT2D eigenvalue weighted by Crippen LogP contribution is 2.31. The number of amides is 1. The van der Waals surface area contributed by atoms with Gasteiger partial charge in [0.05, 0.1) is 12.0 Å². The van der Waals surface area contributed by atoms with Gasteiger partial charge < -0.3 is 19.9 Å². The Kier molecular flexibility index (Phi) is 8.76. The summed E-state index contributed by atoms with van der Waals surface area (Å²) >= 11 is 0. The van der Waals surface area contributed by atoms with Gasteiger partial charge in [0.25, 0.3) is 0 Å². The second-order valence-corrected chi connectivity index (χ2v) is 11.3. The normalized spacial score (nSPS) is 17.4. The standard InChI is InChI=1S/C29H41N5O4/c1-29(2,3)22-5-8-25(9-6-22)32-19-17-31(18-20-32)14-13-28(35)33-15-11-23(12-16-33)30-24-7-10-26(34(36)37)27(21-24)38-4/h5-10,21,23,30H,11-20H2,1-4H3. The lowest BCUT2D eigenvalue weighted by Gasteiger charge is -2.37. The van der Waals surface area contributed by atoms with E-state index >= 15 is 0 Å². The lowest BCUT2D eigenvalue weighted by Crippen LogP contribution is -2.48. The van der Waals surface area contributed by atoms with Gasteiger partial charge >= 0.3 is 5.69 Å². The molecule has 2 aliphatic rings. The van der Waals surface area contributed by atoms with Crippen LogP contribution in [0.4, 0.5) is 17.1 Å². The van der Waals surface area contributed by atoms with Crippen LogP contribution in [0.5, 0.6) is 5.75 Å². The van der Waals surface area contributed by atoms with E-state index in [1.54, 1.807) is 12.1 Å². The molecular weight excluding hydrogens is 482 g/mol. The van der Waals surface area contributed by atoms with Gasteiger partial charge in [-0.15, -0.1) is 0 Å². The van der Waals surface area contributed by atoms with E-state index in [-0.39, 0.29) is 28.8 Å². The number of anilines is 2. The number of piperidine rings is 1. The second kappa shape index (κ2) is 12.0. The van der Waals surface area contributed by atoms with Crippen molar-refractivity contribution in [3.8, 4) is 5.75 Å². The summed E-state index contributed by atoms with van der Waals surface area (Å²) in [4.78, 5) is 30.3. The Labute approximate surface area is 225 Å². The van der Waals surface area contributed by atoms with Crippen LogP contribution < -0.4 is 15.0 Å². The van der Waals surface area contributed by atoms with Gasteiger partial charge in [-0.3, -0.25) is 19.8 Å². The van der Waals surface area contributed by atoms with E-state index in [4.69, 9.17) is 4.74 Å². The SMILES string of the molecule is COc1cc(NC2CCN(C(=O)CCN3CCN(c4ccc(C(C)(C)C)cc4)CC3)CC2)ccc1[N+](=O)[O-]. The number of ether oxygens (including phenoxy) is 1. The molecule has 0 unspecified atom stereocenters. The van der Waals surface area contributed by atoms with Crippen molar-refractivity contribution in [2.24, 2.45) is 0 Å². The quantitative estimate of drug-likeness (QED) is 0.402. The number of nitro benzene ring substituents is 1.